The smallest absolute Gasteiger partial charge is 0.220 e. The number of hydrogen-bond donors (Lipinski definition) is 2. The maximum atomic E-state index is 13.9. The summed E-state index contributed by atoms with van der Waals surface area (Å²) in [5.41, 5.74) is 8.39. The highest BCUT2D eigenvalue weighted by Gasteiger charge is 2.11. The zero-order valence-corrected chi connectivity index (χ0v) is 12.7. The second-order valence-corrected chi connectivity index (χ2v) is 5.14. The standard InChI is InChI=1S/C18H14FN5/c19-15-8-13(6-7-14(15)9-20)17-16(11-23-18(21)24-17)22-10-12-4-2-1-3-5-12/h1-8,11,22H,10H2,(H2,21,23,24). The van der Waals surface area contributed by atoms with Crippen LogP contribution in [0.15, 0.2) is 54.7 Å². The first-order chi connectivity index (χ1) is 11.7. The van der Waals surface area contributed by atoms with Crippen molar-refractivity contribution in [2.45, 2.75) is 6.54 Å². The van der Waals surface area contributed by atoms with Crippen LogP contribution >= 0.6 is 0 Å². The Hall–Kier alpha value is -3.46. The molecule has 3 aromatic rings. The average Bonchev–Trinajstić information content (AvgIpc) is 2.61. The molecular formula is C18H14FN5. The SMILES string of the molecule is N#Cc1ccc(-c2nc(N)ncc2NCc2ccccc2)cc1F. The van der Waals surface area contributed by atoms with Crippen LogP contribution in [0.4, 0.5) is 16.0 Å². The van der Waals surface area contributed by atoms with Crippen molar-refractivity contribution in [3.8, 4) is 17.3 Å². The van der Waals surface area contributed by atoms with Crippen molar-refractivity contribution in [1.29, 1.82) is 5.26 Å². The van der Waals surface area contributed by atoms with E-state index in [4.69, 9.17) is 11.0 Å². The van der Waals surface area contributed by atoms with Gasteiger partial charge >= 0.3 is 0 Å². The van der Waals surface area contributed by atoms with Crippen molar-refractivity contribution < 1.29 is 4.39 Å². The molecule has 3 rings (SSSR count). The van der Waals surface area contributed by atoms with Gasteiger partial charge in [0, 0.05) is 12.1 Å². The first kappa shape index (κ1) is 15.4. The van der Waals surface area contributed by atoms with Gasteiger partial charge in [0.05, 0.1) is 23.1 Å². The van der Waals surface area contributed by atoms with Gasteiger partial charge in [0.2, 0.25) is 5.95 Å². The molecule has 0 bridgehead atoms. The molecule has 2 aromatic carbocycles. The second kappa shape index (κ2) is 6.75. The molecule has 0 fully saturated rings. The number of nitrogens with two attached hydrogens (primary N) is 1. The van der Waals surface area contributed by atoms with Gasteiger partial charge in [-0.15, -0.1) is 0 Å². The van der Waals surface area contributed by atoms with E-state index in [0.717, 1.165) is 5.56 Å². The number of aromatic nitrogens is 2. The summed E-state index contributed by atoms with van der Waals surface area (Å²) in [6.07, 6.45) is 1.57. The van der Waals surface area contributed by atoms with Crippen LogP contribution in [0.25, 0.3) is 11.3 Å². The van der Waals surface area contributed by atoms with E-state index in [1.165, 1.54) is 12.1 Å². The van der Waals surface area contributed by atoms with Crippen molar-refractivity contribution in [3.05, 3.63) is 71.7 Å². The molecule has 1 heterocycles. The summed E-state index contributed by atoms with van der Waals surface area (Å²) in [6.45, 7) is 0.569. The topological polar surface area (TPSA) is 87.6 Å². The molecule has 0 unspecified atom stereocenters. The number of benzene rings is 2. The van der Waals surface area contributed by atoms with Crippen molar-refractivity contribution in [2.75, 3.05) is 11.1 Å². The fourth-order valence-electron chi connectivity index (χ4n) is 2.29. The van der Waals surface area contributed by atoms with Gasteiger partial charge in [-0.3, -0.25) is 0 Å². The van der Waals surface area contributed by atoms with Gasteiger partial charge in [-0.1, -0.05) is 36.4 Å². The molecule has 0 aliphatic rings. The third-order valence-electron chi connectivity index (χ3n) is 3.50. The van der Waals surface area contributed by atoms with Crippen LogP contribution in [-0.2, 0) is 6.54 Å². The fraction of sp³-hybridized carbons (Fsp3) is 0.0556. The van der Waals surface area contributed by atoms with E-state index in [2.05, 4.69) is 15.3 Å². The van der Waals surface area contributed by atoms with Gasteiger partial charge in [0.15, 0.2) is 0 Å². The summed E-state index contributed by atoms with van der Waals surface area (Å²) in [5.74, 6) is -0.499. The molecule has 0 atom stereocenters. The Morgan fingerprint density at radius 3 is 2.67 bits per heavy atom. The van der Waals surface area contributed by atoms with Gasteiger partial charge in [0.25, 0.3) is 0 Å². The lowest BCUT2D eigenvalue weighted by atomic mass is 10.1. The molecule has 5 nitrogen and oxygen atoms in total. The van der Waals surface area contributed by atoms with Crippen molar-refractivity contribution in [3.63, 3.8) is 0 Å². The minimum absolute atomic E-state index is 0.0143. The molecule has 0 aliphatic heterocycles. The number of nitrogens with zero attached hydrogens (tertiary/aromatic N) is 3. The second-order valence-electron chi connectivity index (χ2n) is 5.14. The number of nitrogens with one attached hydrogen (secondary N) is 1. The van der Waals surface area contributed by atoms with Crippen molar-refractivity contribution >= 4 is 11.6 Å². The lowest BCUT2D eigenvalue weighted by Crippen LogP contribution is -2.05. The average molecular weight is 319 g/mol. The predicted octanol–water partition coefficient (Wildman–Crippen LogP) is 3.35. The van der Waals surface area contributed by atoms with E-state index in [1.54, 1.807) is 18.3 Å². The normalized spacial score (nSPS) is 10.2. The third kappa shape index (κ3) is 3.31. The zero-order chi connectivity index (χ0) is 16.9. The molecule has 6 heteroatoms. The molecule has 0 saturated carbocycles. The van der Waals surface area contributed by atoms with Gasteiger partial charge in [-0.05, 0) is 17.7 Å². The van der Waals surface area contributed by atoms with Crippen molar-refractivity contribution in [2.24, 2.45) is 0 Å². The largest absolute Gasteiger partial charge is 0.378 e. The summed E-state index contributed by atoms with van der Waals surface area (Å²) in [7, 11) is 0. The Labute approximate surface area is 138 Å². The van der Waals surface area contributed by atoms with Gasteiger partial charge in [0.1, 0.15) is 11.9 Å². The van der Waals surface area contributed by atoms with Crippen LogP contribution < -0.4 is 11.1 Å². The lowest BCUT2D eigenvalue weighted by molar-refractivity contribution is 0.624. The van der Waals surface area contributed by atoms with Crippen LogP contribution in [0.1, 0.15) is 11.1 Å². The molecular weight excluding hydrogens is 305 g/mol. The maximum absolute atomic E-state index is 13.9. The number of hydrogen-bond acceptors (Lipinski definition) is 5. The van der Waals surface area contributed by atoms with Crippen LogP contribution in [0.3, 0.4) is 0 Å². The van der Waals surface area contributed by atoms with E-state index in [0.29, 0.717) is 23.5 Å². The van der Waals surface area contributed by atoms with Crippen LogP contribution in [-0.4, -0.2) is 9.97 Å². The van der Waals surface area contributed by atoms with Gasteiger partial charge in [-0.2, -0.15) is 5.26 Å². The number of rotatable bonds is 4. The minimum Gasteiger partial charge on any atom is -0.378 e. The van der Waals surface area contributed by atoms with E-state index < -0.39 is 5.82 Å². The van der Waals surface area contributed by atoms with Crippen LogP contribution in [0.5, 0.6) is 0 Å². The van der Waals surface area contributed by atoms with E-state index in [9.17, 15) is 4.39 Å². The Morgan fingerprint density at radius 2 is 1.96 bits per heavy atom. The fourth-order valence-corrected chi connectivity index (χ4v) is 2.29. The Balaban J connectivity index is 1.94. The quantitative estimate of drug-likeness (QED) is 0.770. The Kier molecular flexibility index (Phi) is 4.34. The van der Waals surface area contributed by atoms with Crippen LogP contribution in [0, 0.1) is 17.1 Å². The number of halogens is 1. The summed E-state index contributed by atoms with van der Waals surface area (Å²) in [5, 5.41) is 12.1. The maximum Gasteiger partial charge on any atom is 0.220 e. The Bertz CT molecular complexity index is 903. The monoisotopic (exact) mass is 319 g/mol. The van der Waals surface area contributed by atoms with E-state index in [1.807, 2.05) is 30.3 Å². The van der Waals surface area contributed by atoms with Crippen molar-refractivity contribution in [1.82, 2.24) is 9.97 Å². The molecule has 0 amide bonds. The molecule has 0 saturated heterocycles. The predicted molar refractivity (Wildman–Crippen MR) is 90.3 cm³/mol. The number of nitriles is 1. The molecule has 118 valence electrons. The highest BCUT2D eigenvalue weighted by molar-refractivity contribution is 5.75. The summed E-state index contributed by atoms with van der Waals surface area (Å²) in [4.78, 5) is 8.20. The number of anilines is 2. The lowest BCUT2D eigenvalue weighted by Gasteiger charge is -2.12. The highest BCUT2D eigenvalue weighted by Crippen LogP contribution is 2.27. The first-order valence-electron chi connectivity index (χ1n) is 7.27. The summed E-state index contributed by atoms with van der Waals surface area (Å²) in [6, 6.07) is 16.0. The summed E-state index contributed by atoms with van der Waals surface area (Å²) >= 11 is 0. The molecule has 0 aliphatic carbocycles. The molecule has 0 radical (unpaired) electrons. The van der Waals surface area contributed by atoms with Gasteiger partial charge < -0.3 is 11.1 Å². The third-order valence-corrected chi connectivity index (χ3v) is 3.50. The van der Waals surface area contributed by atoms with Crippen LogP contribution in [0.2, 0.25) is 0 Å². The molecule has 1 aromatic heterocycles. The zero-order valence-electron chi connectivity index (χ0n) is 12.7. The minimum atomic E-state index is -0.596. The summed E-state index contributed by atoms with van der Waals surface area (Å²) < 4.78 is 13.9. The van der Waals surface area contributed by atoms with E-state index in [-0.39, 0.29) is 11.5 Å². The molecule has 3 N–H and O–H groups in total. The molecule has 24 heavy (non-hydrogen) atoms. The van der Waals surface area contributed by atoms with Gasteiger partial charge in [-0.25, -0.2) is 14.4 Å². The Morgan fingerprint density at radius 1 is 1.17 bits per heavy atom. The highest BCUT2D eigenvalue weighted by atomic mass is 19.1. The first-order valence-corrected chi connectivity index (χ1v) is 7.27. The number of nitrogen functional groups attached to an aromatic ring is 1. The molecule has 0 spiro atoms. The van der Waals surface area contributed by atoms with E-state index >= 15 is 0 Å².